The summed E-state index contributed by atoms with van der Waals surface area (Å²) in [5.41, 5.74) is 0.516. The second kappa shape index (κ2) is 8.58. The van der Waals surface area contributed by atoms with Gasteiger partial charge in [-0.25, -0.2) is 5.01 Å². The van der Waals surface area contributed by atoms with E-state index in [1.807, 2.05) is 0 Å². The molecule has 2 aliphatic heterocycles. The number of hydrazone groups is 1. The van der Waals surface area contributed by atoms with E-state index in [2.05, 4.69) is 10.1 Å². The maximum atomic E-state index is 12.9. The first-order valence-electron chi connectivity index (χ1n) is 10.1. The van der Waals surface area contributed by atoms with E-state index in [4.69, 9.17) is 0 Å². The first kappa shape index (κ1) is 23.5. The molecule has 0 radical (unpaired) electrons. The van der Waals surface area contributed by atoms with Gasteiger partial charge in [-0.1, -0.05) is 30.3 Å². The molecule has 1 atom stereocenters. The van der Waals surface area contributed by atoms with Gasteiger partial charge < -0.3 is 0 Å². The van der Waals surface area contributed by atoms with Crippen LogP contribution in [0, 0.1) is 0 Å². The minimum atomic E-state index is -4.49. The second-order valence-electron chi connectivity index (χ2n) is 7.75. The average Bonchev–Trinajstić information content (AvgIpc) is 2.76. The highest BCUT2D eigenvalue weighted by atomic mass is 19.4. The van der Waals surface area contributed by atoms with Gasteiger partial charge in [-0.2, -0.15) is 31.4 Å². The molecule has 0 bridgehead atoms. The standard InChI is InChI=1S/C24H17F6N3O/c1-14-2-3-17(15-4-8-18(9-5-15)23(25,26)27)12-21-31-20(13-22(34)33(21)32-14)16-6-10-19(11-7-16)24(28,29)30/h2-12,21H,13H2,1H3. The largest absolute Gasteiger partial charge is 0.416 e. The van der Waals surface area contributed by atoms with E-state index in [0.717, 1.165) is 29.3 Å². The van der Waals surface area contributed by atoms with Crippen LogP contribution in [0.3, 0.4) is 0 Å². The van der Waals surface area contributed by atoms with Gasteiger partial charge in [0, 0.05) is 0 Å². The van der Waals surface area contributed by atoms with Crippen molar-refractivity contribution in [2.75, 3.05) is 0 Å². The van der Waals surface area contributed by atoms with E-state index in [9.17, 15) is 31.1 Å². The van der Waals surface area contributed by atoms with Crippen LogP contribution >= 0.6 is 0 Å². The molecule has 176 valence electrons. The third kappa shape index (κ3) is 4.95. The number of nitrogens with zero attached hydrogens (tertiary/aromatic N) is 3. The van der Waals surface area contributed by atoms with Gasteiger partial charge in [-0.15, -0.1) is 0 Å². The molecule has 0 aromatic heterocycles. The number of rotatable bonds is 2. The summed E-state index contributed by atoms with van der Waals surface area (Å²) >= 11 is 0. The number of allylic oxidation sites excluding steroid dienone is 3. The summed E-state index contributed by atoms with van der Waals surface area (Å²) in [6.45, 7) is 1.66. The Morgan fingerprint density at radius 2 is 1.35 bits per heavy atom. The van der Waals surface area contributed by atoms with Gasteiger partial charge >= 0.3 is 12.4 Å². The molecular formula is C24H17F6N3O. The predicted octanol–water partition coefficient (Wildman–Crippen LogP) is 6.10. The van der Waals surface area contributed by atoms with Crippen LogP contribution in [-0.4, -0.2) is 28.5 Å². The molecule has 4 nitrogen and oxygen atoms in total. The maximum absolute atomic E-state index is 12.9. The van der Waals surface area contributed by atoms with Crippen molar-refractivity contribution in [2.24, 2.45) is 10.1 Å². The SMILES string of the molecule is CC1=NN2C(=O)CC(c3ccc(C(F)(F)F)cc3)=NC2C=C(c2ccc(C(F)(F)F)cc2)C=C1. The molecule has 2 aliphatic rings. The van der Waals surface area contributed by atoms with Crippen LogP contribution in [0.1, 0.15) is 35.6 Å². The van der Waals surface area contributed by atoms with E-state index in [-0.39, 0.29) is 6.42 Å². The number of benzene rings is 2. The van der Waals surface area contributed by atoms with Gasteiger partial charge in [-0.05, 0) is 60.0 Å². The maximum Gasteiger partial charge on any atom is 0.416 e. The number of aliphatic imine (C=N–C) groups is 1. The zero-order valence-corrected chi connectivity index (χ0v) is 17.7. The van der Waals surface area contributed by atoms with Crippen molar-refractivity contribution in [1.82, 2.24) is 5.01 Å². The zero-order chi connectivity index (χ0) is 24.7. The number of fused-ring (bicyclic) bond motifs is 1. The van der Waals surface area contributed by atoms with E-state index >= 15 is 0 Å². The lowest BCUT2D eigenvalue weighted by atomic mass is 9.99. The molecule has 10 heteroatoms. The van der Waals surface area contributed by atoms with E-state index in [1.54, 1.807) is 25.2 Å². The zero-order valence-electron chi connectivity index (χ0n) is 17.7. The summed E-state index contributed by atoms with van der Waals surface area (Å²) in [4.78, 5) is 17.4. The fourth-order valence-electron chi connectivity index (χ4n) is 3.56. The Morgan fingerprint density at radius 3 is 1.88 bits per heavy atom. The summed E-state index contributed by atoms with van der Waals surface area (Å²) in [5.74, 6) is -0.410. The number of carbonyl (C=O) groups excluding carboxylic acids is 1. The second-order valence-corrected chi connectivity index (χ2v) is 7.75. The quantitative estimate of drug-likeness (QED) is 0.482. The van der Waals surface area contributed by atoms with Gasteiger partial charge in [-0.3, -0.25) is 9.79 Å². The summed E-state index contributed by atoms with van der Waals surface area (Å²) < 4.78 is 77.4. The fourth-order valence-corrected chi connectivity index (χ4v) is 3.56. The molecule has 1 unspecified atom stereocenters. The van der Waals surface area contributed by atoms with Crippen LogP contribution in [-0.2, 0) is 17.1 Å². The number of hydrogen-bond acceptors (Lipinski definition) is 3. The Kier molecular flexibility index (Phi) is 5.93. The van der Waals surface area contributed by atoms with Crippen molar-refractivity contribution in [2.45, 2.75) is 31.9 Å². The van der Waals surface area contributed by atoms with Crippen molar-refractivity contribution in [3.05, 3.63) is 89.0 Å². The van der Waals surface area contributed by atoms with Gasteiger partial charge in [0.1, 0.15) is 0 Å². The minimum absolute atomic E-state index is 0.161. The normalized spacial score (nSPS) is 19.0. The highest BCUT2D eigenvalue weighted by Crippen LogP contribution is 2.32. The van der Waals surface area contributed by atoms with Crippen LogP contribution in [0.5, 0.6) is 0 Å². The van der Waals surface area contributed by atoms with Gasteiger partial charge in [0.2, 0.25) is 0 Å². The smallest absolute Gasteiger partial charge is 0.272 e. The van der Waals surface area contributed by atoms with Gasteiger partial charge in [0.25, 0.3) is 5.91 Å². The lowest BCUT2D eigenvalue weighted by molar-refractivity contribution is -0.138. The van der Waals surface area contributed by atoms with Gasteiger partial charge in [0.15, 0.2) is 6.17 Å². The topological polar surface area (TPSA) is 45.0 Å². The Bertz CT molecular complexity index is 1220. The molecule has 0 spiro atoms. The Morgan fingerprint density at radius 1 is 0.824 bits per heavy atom. The lowest BCUT2D eigenvalue weighted by Gasteiger charge is -2.29. The molecule has 4 rings (SSSR count). The number of carbonyl (C=O) groups is 1. The number of hydrogen-bond donors (Lipinski definition) is 0. The molecule has 2 heterocycles. The molecule has 34 heavy (non-hydrogen) atoms. The van der Waals surface area contributed by atoms with E-state index < -0.39 is 35.6 Å². The molecule has 1 amide bonds. The molecular weight excluding hydrogens is 460 g/mol. The number of alkyl halides is 6. The van der Waals surface area contributed by atoms with Crippen LogP contribution < -0.4 is 0 Å². The molecule has 0 aliphatic carbocycles. The molecule has 0 fully saturated rings. The third-order valence-corrected chi connectivity index (χ3v) is 5.30. The van der Waals surface area contributed by atoms with E-state index in [1.165, 1.54) is 24.3 Å². The van der Waals surface area contributed by atoms with Crippen LogP contribution in [0.2, 0.25) is 0 Å². The number of halogens is 6. The van der Waals surface area contributed by atoms with Gasteiger partial charge in [0.05, 0.1) is 29.0 Å². The summed E-state index contributed by atoms with van der Waals surface area (Å²) in [6, 6.07) is 8.91. The third-order valence-electron chi connectivity index (χ3n) is 5.30. The Labute approximate surface area is 190 Å². The minimum Gasteiger partial charge on any atom is -0.272 e. The van der Waals surface area contributed by atoms with Crippen molar-refractivity contribution in [1.29, 1.82) is 0 Å². The summed E-state index contributed by atoms with van der Waals surface area (Å²) in [6.07, 6.45) is -5.18. The number of amides is 1. The molecule has 2 aromatic carbocycles. The monoisotopic (exact) mass is 477 g/mol. The fraction of sp³-hybridized carbons (Fsp3) is 0.208. The average molecular weight is 477 g/mol. The summed E-state index contributed by atoms with van der Waals surface area (Å²) in [7, 11) is 0. The first-order chi connectivity index (χ1) is 15.9. The highest BCUT2D eigenvalue weighted by molar-refractivity contribution is 6.12. The Hall–Kier alpha value is -3.69. The summed E-state index contributed by atoms with van der Waals surface area (Å²) in [5, 5.41) is 5.42. The van der Waals surface area contributed by atoms with E-state index in [0.29, 0.717) is 28.1 Å². The molecule has 0 N–H and O–H groups in total. The Balaban J connectivity index is 1.73. The molecule has 0 saturated heterocycles. The van der Waals surface area contributed by atoms with Crippen LogP contribution in [0.25, 0.3) is 5.57 Å². The van der Waals surface area contributed by atoms with Crippen molar-refractivity contribution < 1.29 is 31.1 Å². The molecule has 0 saturated carbocycles. The predicted molar refractivity (Wildman–Crippen MR) is 115 cm³/mol. The van der Waals surface area contributed by atoms with Crippen molar-refractivity contribution in [3.63, 3.8) is 0 Å². The highest BCUT2D eigenvalue weighted by Gasteiger charge is 2.33. The molecule has 2 aromatic rings. The van der Waals surface area contributed by atoms with Crippen LogP contribution in [0.4, 0.5) is 26.3 Å². The van der Waals surface area contributed by atoms with Crippen molar-refractivity contribution >= 4 is 22.9 Å². The van der Waals surface area contributed by atoms with Crippen LogP contribution in [0.15, 0.2) is 76.9 Å². The lowest BCUT2D eigenvalue weighted by Crippen LogP contribution is -2.41. The van der Waals surface area contributed by atoms with Crippen molar-refractivity contribution in [3.8, 4) is 0 Å². The first-order valence-corrected chi connectivity index (χ1v) is 10.1.